The third-order valence-electron chi connectivity index (χ3n) is 2.96. The van der Waals surface area contributed by atoms with E-state index in [4.69, 9.17) is 4.74 Å². The first-order valence-corrected chi connectivity index (χ1v) is 7.13. The minimum atomic E-state index is -0.478. The Kier molecular flexibility index (Phi) is 4.34. The highest BCUT2D eigenvalue weighted by molar-refractivity contribution is 7.16. The van der Waals surface area contributed by atoms with E-state index in [1.165, 1.54) is 25.4 Å². The van der Waals surface area contributed by atoms with E-state index in [0.717, 1.165) is 10.2 Å². The van der Waals surface area contributed by atoms with Gasteiger partial charge in [-0.1, -0.05) is 30.4 Å². The van der Waals surface area contributed by atoms with Gasteiger partial charge in [-0.05, 0) is 18.6 Å². The zero-order valence-electron chi connectivity index (χ0n) is 11.6. The fraction of sp³-hybridized carbons (Fsp3) is 0.357. The molecular weight excluding hydrogens is 276 g/mol. The highest BCUT2D eigenvalue weighted by atomic mass is 32.1. The molecule has 1 unspecified atom stereocenters. The van der Waals surface area contributed by atoms with Crippen molar-refractivity contribution in [3.63, 3.8) is 0 Å². The highest BCUT2D eigenvalue weighted by Crippen LogP contribution is 2.23. The lowest BCUT2D eigenvalue weighted by Crippen LogP contribution is -2.28. The van der Waals surface area contributed by atoms with Crippen molar-refractivity contribution < 1.29 is 14.3 Å². The number of nitrogens with zero attached hydrogens (tertiary/aromatic N) is 2. The van der Waals surface area contributed by atoms with E-state index in [9.17, 15) is 9.59 Å². The Morgan fingerprint density at radius 1 is 1.40 bits per heavy atom. The molecule has 20 heavy (non-hydrogen) atoms. The number of esters is 1. The number of ether oxygens (including phenoxy) is 1. The number of benzene rings is 1. The van der Waals surface area contributed by atoms with Crippen LogP contribution >= 0.6 is 11.3 Å². The Hall–Kier alpha value is -1.95. The molecule has 0 saturated carbocycles. The van der Waals surface area contributed by atoms with Crippen LogP contribution in [-0.4, -0.2) is 23.6 Å². The smallest absolute Gasteiger partial charge is 0.328 e. The lowest BCUT2D eigenvalue weighted by molar-refractivity contribution is -0.144. The van der Waals surface area contributed by atoms with Crippen molar-refractivity contribution in [2.24, 2.45) is 4.99 Å². The van der Waals surface area contributed by atoms with Gasteiger partial charge >= 0.3 is 5.97 Å². The predicted octanol–water partition coefficient (Wildman–Crippen LogP) is 2.27. The van der Waals surface area contributed by atoms with Crippen LogP contribution in [0.15, 0.2) is 29.3 Å². The average Bonchev–Trinajstić information content (AvgIpc) is 2.77. The van der Waals surface area contributed by atoms with Crippen molar-refractivity contribution >= 4 is 33.4 Å². The summed E-state index contributed by atoms with van der Waals surface area (Å²) >= 11 is 1.39. The van der Waals surface area contributed by atoms with Gasteiger partial charge in [-0.2, -0.15) is 4.99 Å². The third kappa shape index (κ3) is 2.65. The number of methoxy groups -OCH3 is 1. The molecule has 5 nitrogen and oxygen atoms in total. The molecule has 1 atom stereocenters. The third-order valence-corrected chi connectivity index (χ3v) is 3.99. The minimum absolute atomic E-state index is 0.287. The van der Waals surface area contributed by atoms with Crippen molar-refractivity contribution in [2.75, 3.05) is 7.11 Å². The molecule has 0 fully saturated rings. The number of hydrogen-bond acceptors (Lipinski definition) is 4. The second kappa shape index (κ2) is 6.00. The van der Waals surface area contributed by atoms with Crippen molar-refractivity contribution in [3.05, 3.63) is 29.1 Å². The zero-order chi connectivity index (χ0) is 14.7. The first kappa shape index (κ1) is 14.5. The second-order valence-electron chi connectivity index (χ2n) is 4.30. The summed E-state index contributed by atoms with van der Waals surface area (Å²) in [4.78, 5) is 27.8. The summed E-state index contributed by atoms with van der Waals surface area (Å²) in [7, 11) is 1.36. The zero-order valence-corrected chi connectivity index (χ0v) is 12.4. The molecule has 106 valence electrons. The molecule has 1 amide bonds. The number of amides is 1. The van der Waals surface area contributed by atoms with Gasteiger partial charge in [0.1, 0.15) is 6.04 Å². The molecule has 2 aromatic rings. The lowest BCUT2D eigenvalue weighted by atomic mass is 10.2. The van der Waals surface area contributed by atoms with Crippen LogP contribution < -0.4 is 4.80 Å². The normalized spacial score (nSPS) is 13.4. The summed E-state index contributed by atoms with van der Waals surface area (Å²) in [5, 5.41) is 0. The van der Waals surface area contributed by atoms with Gasteiger partial charge in [0.2, 0.25) is 5.91 Å². The van der Waals surface area contributed by atoms with E-state index in [-0.39, 0.29) is 11.9 Å². The van der Waals surface area contributed by atoms with Gasteiger partial charge in [-0.15, -0.1) is 0 Å². The van der Waals surface area contributed by atoms with Gasteiger partial charge < -0.3 is 9.30 Å². The quantitative estimate of drug-likeness (QED) is 0.815. The summed E-state index contributed by atoms with van der Waals surface area (Å²) in [6.45, 7) is 3.30. The molecule has 1 heterocycles. The highest BCUT2D eigenvalue weighted by Gasteiger charge is 2.22. The summed E-state index contributed by atoms with van der Waals surface area (Å²) in [5.74, 6) is -0.619. The van der Waals surface area contributed by atoms with E-state index < -0.39 is 6.04 Å². The van der Waals surface area contributed by atoms with Crippen molar-refractivity contribution in [2.45, 2.75) is 26.3 Å². The topological polar surface area (TPSA) is 60.7 Å². The maximum Gasteiger partial charge on any atom is 0.328 e. The van der Waals surface area contributed by atoms with Crippen LogP contribution in [0.1, 0.15) is 26.3 Å². The van der Waals surface area contributed by atoms with Crippen LogP contribution in [0.2, 0.25) is 0 Å². The summed E-state index contributed by atoms with van der Waals surface area (Å²) in [6.07, 6.45) is 0.568. The Morgan fingerprint density at radius 2 is 2.10 bits per heavy atom. The van der Waals surface area contributed by atoms with Crippen molar-refractivity contribution in [1.29, 1.82) is 0 Å². The van der Waals surface area contributed by atoms with Crippen LogP contribution in [0.25, 0.3) is 10.2 Å². The van der Waals surface area contributed by atoms with Gasteiger partial charge in [-0.3, -0.25) is 4.79 Å². The molecule has 2 rings (SSSR count). The molecule has 0 N–H and O–H groups in total. The number of rotatable bonds is 3. The lowest BCUT2D eigenvalue weighted by Gasteiger charge is -2.15. The van der Waals surface area contributed by atoms with E-state index in [2.05, 4.69) is 4.99 Å². The van der Waals surface area contributed by atoms with E-state index >= 15 is 0 Å². The van der Waals surface area contributed by atoms with Gasteiger partial charge in [0, 0.05) is 6.92 Å². The Morgan fingerprint density at radius 3 is 2.70 bits per heavy atom. The first-order valence-electron chi connectivity index (χ1n) is 6.31. The van der Waals surface area contributed by atoms with E-state index in [1.807, 2.05) is 31.2 Å². The maximum absolute atomic E-state index is 12.0. The van der Waals surface area contributed by atoms with Crippen LogP contribution in [0.5, 0.6) is 0 Å². The van der Waals surface area contributed by atoms with Crippen molar-refractivity contribution in [3.8, 4) is 0 Å². The number of aromatic nitrogens is 1. The molecule has 0 aliphatic rings. The van der Waals surface area contributed by atoms with Crippen LogP contribution in [-0.2, 0) is 14.3 Å². The first-order chi connectivity index (χ1) is 9.58. The molecule has 1 aromatic heterocycles. The molecule has 1 aromatic carbocycles. The Balaban J connectivity index is 2.77. The van der Waals surface area contributed by atoms with E-state index in [0.29, 0.717) is 11.2 Å². The maximum atomic E-state index is 12.0. The van der Waals surface area contributed by atoms with Gasteiger partial charge in [0.15, 0.2) is 4.80 Å². The SMILES string of the molecule is CCC(C(=O)OC)n1c(=NC(C)=O)sc2ccccc21. The van der Waals surface area contributed by atoms with Crippen LogP contribution in [0, 0.1) is 0 Å². The molecule has 0 bridgehead atoms. The van der Waals surface area contributed by atoms with Crippen molar-refractivity contribution in [1.82, 2.24) is 4.57 Å². The van der Waals surface area contributed by atoms with Crippen LogP contribution in [0.4, 0.5) is 0 Å². The number of thiazole rings is 1. The summed E-state index contributed by atoms with van der Waals surface area (Å²) in [5.41, 5.74) is 0.884. The van der Waals surface area contributed by atoms with E-state index in [1.54, 1.807) is 4.57 Å². The van der Waals surface area contributed by atoms with Gasteiger partial charge in [0.05, 0.1) is 17.3 Å². The number of para-hydroxylation sites is 1. The summed E-state index contributed by atoms with van der Waals surface area (Å²) < 4.78 is 7.62. The molecule has 0 aliphatic heterocycles. The molecule has 0 radical (unpaired) electrons. The summed E-state index contributed by atoms with van der Waals surface area (Å²) in [6, 6.07) is 7.19. The number of fused-ring (bicyclic) bond motifs is 1. The fourth-order valence-electron chi connectivity index (χ4n) is 2.10. The standard InChI is InChI=1S/C14H16N2O3S/c1-4-10(13(18)19-3)16-11-7-5-6-8-12(11)20-14(16)15-9(2)17/h5-8,10H,4H2,1-3H3. The molecule has 0 aliphatic carbocycles. The predicted molar refractivity (Wildman–Crippen MR) is 77.4 cm³/mol. The van der Waals surface area contributed by atoms with Gasteiger partial charge in [0.25, 0.3) is 0 Å². The fourth-order valence-corrected chi connectivity index (χ4v) is 3.21. The number of carbonyl (C=O) groups excluding carboxylic acids is 2. The largest absolute Gasteiger partial charge is 0.467 e. The molecule has 6 heteroatoms. The number of carbonyl (C=O) groups is 2. The molecule has 0 spiro atoms. The monoisotopic (exact) mass is 292 g/mol. The average molecular weight is 292 g/mol. The van der Waals surface area contributed by atoms with Crippen LogP contribution in [0.3, 0.4) is 0 Å². The molecule has 0 saturated heterocycles. The second-order valence-corrected chi connectivity index (χ2v) is 5.31. The minimum Gasteiger partial charge on any atom is -0.467 e. The van der Waals surface area contributed by atoms with Gasteiger partial charge in [-0.25, -0.2) is 4.79 Å². The molecular formula is C14H16N2O3S. The Labute approximate surface area is 120 Å². The Bertz CT molecular complexity index is 715. The number of hydrogen-bond donors (Lipinski definition) is 0.